The van der Waals surface area contributed by atoms with Gasteiger partial charge in [-0.1, -0.05) is 19.7 Å². The second-order valence-corrected chi connectivity index (χ2v) is 1.85. The molecule has 0 amide bonds. The average molecular weight is 100.0 g/mol. The third-order valence-electron chi connectivity index (χ3n) is 1.09. The van der Waals surface area contributed by atoms with Crippen LogP contribution in [0.25, 0.3) is 0 Å². The Morgan fingerprint density at radius 2 is 2.29 bits per heavy atom. The first-order valence-electron chi connectivity index (χ1n) is 2.99. The van der Waals surface area contributed by atoms with E-state index < -0.39 is 0 Å². The molecule has 0 spiro atoms. The Bertz CT molecular complexity index is 39.1. The van der Waals surface area contributed by atoms with Gasteiger partial charge in [0.1, 0.15) is 7.85 Å². The van der Waals surface area contributed by atoms with E-state index in [0.29, 0.717) is 0 Å². The van der Waals surface area contributed by atoms with Gasteiger partial charge >= 0.3 is 0 Å². The fourth-order valence-corrected chi connectivity index (χ4v) is 0.537. The van der Waals surface area contributed by atoms with Crippen LogP contribution in [0.1, 0.15) is 19.8 Å². The van der Waals surface area contributed by atoms with Crippen LogP contribution in [-0.2, 0) is 0 Å². The summed E-state index contributed by atoms with van der Waals surface area (Å²) in [6, 6.07) is 0. The summed E-state index contributed by atoms with van der Waals surface area (Å²) in [6.45, 7) is 2.08. The van der Waals surface area contributed by atoms with E-state index in [1.165, 1.54) is 0 Å². The predicted octanol–water partition coefficient (Wildman–Crippen LogP) is 0.199. The van der Waals surface area contributed by atoms with E-state index in [9.17, 15) is 0 Å². The van der Waals surface area contributed by atoms with E-state index in [1.807, 2.05) is 7.85 Å². The standard InChI is InChI=1S/C5H13BO/c1-2-3-5(7)4-6/h5,7H,2-4,6H2,1H3/t5-/m1/s1. The Balaban J connectivity index is 2.83. The highest BCUT2D eigenvalue weighted by Crippen LogP contribution is 1.97. The van der Waals surface area contributed by atoms with Crippen LogP contribution in [0.15, 0.2) is 0 Å². The topological polar surface area (TPSA) is 20.2 Å². The van der Waals surface area contributed by atoms with Crippen molar-refractivity contribution in [3.05, 3.63) is 0 Å². The van der Waals surface area contributed by atoms with E-state index >= 15 is 0 Å². The van der Waals surface area contributed by atoms with Crippen molar-refractivity contribution in [1.29, 1.82) is 0 Å². The van der Waals surface area contributed by atoms with Crippen molar-refractivity contribution < 1.29 is 5.11 Å². The quantitative estimate of drug-likeness (QED) is 0.502. The average Bonchev–Trinajstić information content (AvgIpc) is 1.68. The third kappa shape index (κ3) is 3.87. The summed E-state index contributed by atoms with van der Waals surface area (Å²) >= 11 is 0. The van der Waals surface area contributed by atoms with Crippen LogP contribution in [0.4, 0.5) is 0 Å². The summed E-state index contributed by atoms with van der Waals surface area (Å²) in [5.41, 5.74) is 0. The van der Waals surface area contributed by atoms with Gasteiger partial charge in [0.25, 0.3) is 0 Å². The molecule has 0 radical (unpaired) electrons. The monoisotopic (exact) mass is 100 g/mol. The molecule has 0 aliphatic rings. The molecular formula is C5H13BO. The van der Waals surface area contributed by atoms with Crippen LogP contribution in [0.2, 0.25) is 6.32 Å². The van der Waals surface area contributed by atoms with Crippen molar-refractivity contribution in [2.45, 2.75) is 32.2 Å². The van der Waals surface area contributed by atoms with Crippen molar-refractivity contribution in [1.82, 2.24) is 0 Å². The van der Waals surface area contributed by atoms with Crippen LogP contribution in [0.5, 0.6) is 0 Å². The number of rotatable bonds is 3. The molecule has 0 aromatic carbocycles. The molecular weight excluding hydrogens is 86.9 g/mol. The van der Waals surface area contributed by atoms with Gasteiger partial charge in [-0.3, -0.25) is 0 Å². The highest BCUT2D eigenvalue weighted by atomic mass is 16.3. The van der Waals surface area contributed by atoms with Gasteiger partial charge in [-0.25, -0.2) is 0 Å². The minimum Gasteiger partial charge on any atom is -0.394 e. The molecule has 0 saturated heterocycles. The van der Waals surface area contributed by atoms with Gasteiger partial charge in [0, 0.05) is 6.10 Å². The minimum atomic E-state index is -0.0509. The number of aliphatic hydroxyl groups excluding tert-OH is 1. The molecule has 0 aliphatic heterocycles. The Kier molecular flexibility index (Phi) is 4.21. The fourth-order valence-electron chi connectivity index (χ4n) is 0.537. The van der Waals surface area contributed by atoms with Crippen LogP contribution >= 0.6 is 0 Å². The Morgan fingerprint density at radius 3 is 2.43 bits per heavy atom. The smallest absolute Gasteiger partial charge is 0.104 e. The molecule has 0 aliphatic carbocycles. The zero-order valence-corrected chi connectivity index (χ0v) is 5.15. The maximum atomic E-state index is 8.86. The maximum Gasteiger partial charge on any atom is 0.104 e. The first-order valence-corrected chi connectivity index (χ1v) is 2.99. The molecule has 1 atom stereocenters. The first kappa shape index (κ1) is 7.02. The summed E-state index contributed by atoms with van der Waals surface area (Å²) in [6.07, 6.45) is 2.89. The van der Waals surface area contributed by atoms with Gasteiger partial charge in [-0.2, -0.15) is 0 Å². The second kappa shape index (κ2) is 4.19. The SMILES string of the molecule is BC[C@H](O)CCC. The normalized spacial score (nSPS) is 14.0. The summed E-state index contributed by atoms with van der Waals surface area (Å²) in [5.74, 6) is 0. The Labute approximate surface area is 46.1 Å². The number of hydrogen-bond acceptors (Lipinski definition) is 1. The third-order valence-corrected chi connectivity index (χ3v) is 1.09. The van der Waals surface area contributed by atoms with Gasteiger partial charge in [-0.05, 0) is 6.42 Å². The molecule has 0 aromatic rings. The minimum absolute atomic E-state index is 0.0509. The molecule has 0 heterocycles. The highest BCUT2D eigenvalue weighted by Gasteiger charge is 1.94. The molecule has 0 aromatic heterocycles. The zero-order valence-electron chi connectivity index (χ0n) is 5.15. The fraction of sp³-hybridized carbons (Fsp3) is 1.00. The van der Waals surface area contributed by atoms with E-state index in [-0.39, 0.29) is 6.10 Å². The van der Waals surface area contributed by atoms with Gasteiger partial charge in [0.15, 0.2) is 0 Å². The summed E-state index contributed by atoms with van der Waals surface area (Å²) in [7, 11) is 2.00. The first-order chi connectivity index (χ1) is 3.31. The van der Waals surface area contributed by atoms with Crippen LogP contribution < -0.4 is 0 Å². The van der Waals surface area contributed by atoms with E-state index in [4.69, 9.17) is 5.11 Å². The van der Waals surface area contributed by atoms with E-state index in [0.717, 1.165) is 19.2 Å². The Morgan fingerprint density at radius 1 is 1.71 bits per heavy atom. The predicted molar refractivity (Wildman–Crippen MR) is 34.3 cm³/mol. The lowest BCUT2D eigenvalue weighted by Gasteiger charge is -2.01. The van der Waals surface area contributed by atoms with Gasteiger partial charge in [0.05, 0.1) is 0 Å². The summed E-state index contributed by atoms with van der Waals surface area (Å²) < 4.78 is 0. The van der Waals surface area contributed by atoms with Crippen molar-refractivity contribution in [3.8, 4) is 0 Å². The molecule has 2 heteroatoms. The maximum absolute atomic E-state index is 8.86. The molecule has 0 fully saturated rings. The number of hydrogen-bond donors (Lipinski definition) is 1. The van der Waals surface area contributed by atoms with E-state index in [1.54, 1.807) is 0 Å². The molecule has 42 valence electrons. The molecule has 0 saturated carbocycles. The molecule has 1 N–H and O–H groups in total. The Hall–Kier alpha value is 0.0249. The second-order valence-electron chi connectivity index (χ2n) is 1.85. The van der Waals surface area contributed by atoms with Crippen molar-refractivity contribution in [2.24, 2.45) is 0 Å². The summed E-state index contributed by atoms with van der Waals surface area (Å²) in [5, 5.41) is 8.86. The van der Waals surface area contributed by atoms with Gasteiger partial charge < -0.3 is 5.11 Å². The van der Waals surface area contributed by atoms with Crippen LogP contribution in [-0.4, -0.2) is 19.1 Å². The molecule has 1 nitrogen and oxygen atoms in total. The van der Waals surface area contributed by atoms with E-state index in [2.05, 4.69) is 6.92 Å². The van der Waals surface area contributed by atoms with Crippen molar-refractivity contribution in [3.63, 3.8) is 0 Å². The van der Waals surface area contributed by atoms with Gasteiger partial charge in [-0.15, -0.1) is 0 Å². The lowest BCUT2D eigenvalue weighted by molar-refractivity contribution is 0.184. The molecule has 7 heavy (non-hydrogen) atoms. The van der Waals surface area contributed by atoms with Crippen LogP contribution in [0, 0.1) is 0 Å². The van der Waals surface area contributed by atoms with Crippen molar-refractivity contribution >= 4 is 7.85 Å². The molecule has 0 rings (SSSR count). The lowest BCUT2D eigenvalue weighted by Crippen LogP contribution is -2.02. The van der Waals surface area contributed by atoms with Crippen molar-refractivity contribution in [2.75, 3.05) is 0 Å². The van der Waals surface area contributed by atoms with Crippen LogP contribution in [0.3, 0.4) is 0 Å². The lowest BCUT2D eigenvalue weighted by atomic mass is 9.97. The zero-order chi connectivity index (χ0) is 5.70. The van der Waals surface area contributed by atoms with Gasteiger partial charge in [0.2, 0.25) is 0 Å². The summed E-state index contributed by atoms with van der Waals surface area (Å²) in [4.78, 5) is 0. The highest BCUT2D eigenvalue weighted by molar-refractivity contribution is 6.08. The number of aliphatic hydroxyl groups is 1. The molecule has 0 bridgehead atoms. The molecule has 0 unspecified atom stereocenters. The largest absolute Gasteiger partial charge is 0.394 e.